The molecule has 0 heterocycles. The summed E-state index contributed by atoms with van der Waals surface area (Å²) in [6, 6.07) is 13.4. The molecule has 2 aromatic carbocycles. The van der Waals surface area contributed by atoms with E-state index in [-0.39, 0.29) is 5.91 Å². The van der Waals surface area contributed by atoms with Gasteiger partial charge in [0.1, 0.15) is 11.8 Å². The molecule has 2 N–H and O–H groups in total. The monoisotopic (exact) mass is 357 g/mol. The molecule has 0 radical (unpaired) electrons. The zero-order valence-electron chi connectivity index (χ0n) is 13.7. The van der Waals surface area contributed by atoms with Crippen molar-refractivity contribution in [1.29, 1.82) is 5.26 Å². The van der Waals surface area contributed by atoms with Gasteiger partial charge < -0.3 is 15.4 Å². The van der Waals surface area contributed by atoms with Crippen LogP contribution in [0.5, 0.6) is 5.75 Å². The SMILES string of the molecule is CC(=O)Nc1ccc(NC(=O)C(C)Oc2ccccc2C#N)cc1Cl. The van der Waals surface area contributed by atoms with Crippen LogP contribution in [0.3, 0.4) is 0 Å². The lowest BCUT2D eigenvalue weighted by atomic mass is 10.2. The Hall–Kier alpha value is -3.04. The highest BCUT2D eigenvalue weighted by molar-refractivity contribution is 6.34. The third-order valence-corrected chi connectivity index (χ3v) is 3.54. The van der Waals surface area contributed by atoms with E-state index in [1.54, 1.807) is 43.3 Å². The van der Waals surface area contributed by atoms with Crippen LogP contribution in [-0.2, 0) is 9.59 Å². The molecule has 2 rings (SSSR count). The van der Waals surface area contributed by atoms with Gasteiger partial charge in [-0.3, -0.25) is 9.59 Å². The Bertz CT molecular complexity index is 846. The van der Waals surface area contributed by atoms with Gasteiger partial charge in [-0.2, -0.15) is 5.26 Å². The molecule has 0 aliphatic heterocycles. The first kappa shape index (κ1) is 18.3. The fourth-order valence-electron chi connectivity index (χ4n) is 2.03. The van der Waals surface area contributed by atoms with E-state index >= 15 is 0 Å². The van der Waals surface area contributed by atoms with Gasteiger partial charge in [0.2, 0.25) is 5.91 Å². The molecule has 2 aromatic rings. The van der Waals surface area contributed by atoms with Gasteiger partial charge in [-0.25, -0.2) is 0 Å². The fraction of sp³-hybridized carbons (Fsp3) is 0.167. The largest absolute Gasteiger partial charge is 0.480 e. The highest BCUT2D eigenvalue weighted by atomic mass is 35.5. The number of para-hydroxylation sites is 1. The van der Waals surface area contributed by atoms with Crippen LogP contribution in [0.4, 0.5) is 11.4 Å². The molecule has 0 aromatic heterocycles. The van der Waals surface area contributed by atoms with E-state index < -0.39 is 12.0 Å². The maximum absolute atomic E-state index is 12.3. The van der Waals surface area contributed by atoms with Gasteiger partial charge >= 0.3 is 0 Å². The number of nitrogens with zero attached hydrogens (tertiary/aromatic N) is 1. The second-order valence-corrected chi connectivity index (χ2v) is 5.64. The number of nitriles is 1. The van der Waals surface area contributed by atoms with E-state index in [0.717, 1.165) is 0 Å². The summed E-state index contributed by atoms with van der Waals surface area (Å²) in [4.78, 5) is 23.3. The van der Waals surface area contributed by atoms with Crippen molar-refractivity contribution in [1.82, 2.24) is 0 Å². The molecular formula is C18H16ClN3O3. The minimum atomic E-state index is -0.816. The van der Waals surface area contributed by atoms with Crippen LogP contribution >= 0.6 is 11.6 Å². The number of carbonyl (C=O) groups is 2. The zero-order valence-corrected chi connectivity index (χ0v) is 14.4. The summed E-state index contributed by atoms with van der Waals surface area (Å²) in [6.07, 6.45) is -0.816. The standard InChI is InChI=1S/C18H16ClN3O3/c1-11(25-17-6-4-3-5-13(17)10-20)18(24)22-14-7-8-16(15(19)9-14)21-12(2)23/h3-9,11H,1-2H3,(H,21,23)(H,22,24). The van der Waals surface area contributed by atoms with E-state index in [1.807, 2.05) is 6.07 Å². The Morgan fingerprint density at radius 2 is 1.92 bits per heavy atom. The van der Waals surface area contributed by atoms with Gasteiger partial charge in [0.05, 0.1) is 16.3 Å². The number of amides is 2. The highest BCUT2D eigenvalue weighted by Gasteiger charge is 2.17. The quantitative estimate of drug-likeness (QED) is 0.855. The van der Waals surface area contributed by atoms with Crippen molar-refractivity contribution in [3.63, 3.8) is 0 Å². The van der Waals surface area contributed by atoms with Gasteiger partial charge in [-0.05, 0) is 37.3 Å². The molecule has 25 heavy (non-hydrogen) atoms. The van der Waals surface area contributed by atoms with Gasteiger partial charge in [0.25, 0.3) is 5.91 Å². The molecule has 128 valence electrons. The molecular weight excluding hydrogens is 342 g/mol. The number of ether oxygens (including phenoxy) is 1. The van der Waals surface area contributed by atoms with Crippen LogP contribution in [0.2, 0.25) is 5.02 Å². The van der Waals surface area contributed by atoms with E-state index in [4.69, 9.17) is 21.6 Å². The fourth-order valence-corrected chi connectivity index (χ4v) is 2.26. The predicted molar refractivity (Wildman–Crippen MR) is 95.6 cm³/mol. The zero-order chi connectivity index (χ0) is 18.4. The summed E-state index contributed by atoms with van der Waals surface area (Å²) in [5, 5.41) is 14.6. The third kappa shape index (κ3) is 4.96. The summed E-state index contributed by atoms with van der Waals surface area (Å²) < 4.78 is 5.55. The number of hydrogen-bond donors (Lipinski definition) is 2. The molecule has 0 aliphatic rings. The second kappa shape index (κ2) is 8.18. The Morgan fingerprint density at radius 1 is 1.20 bits per heavy atom. The predicted octanol–water partition coefficient (Wildman–Crippen LogP) is 3.58. The minimum absolute atomic E-state index is 0.239. The highest BCUT2D eigenvalue weighted by Crippen LogP contribution is 2.26. The Kier molecular flexibility index (Phi) is 5.98. The first-order valence-corrected chi connectivity index (χ1v) is 7.82. The lowest BCUT2D eigenvalue weighted by Crippen LogP contribution is -2.30. The second-order valence-electron chi connectivity index (χ2n) is 5.23. The smallest absolute Gasteiger partial charge is 0.265 e. The average Bonchev–Trinajstić information content (AvgIpc) is 2.57. The number of benzene rings is 2. The molecule has 0 fully saturated rings. The molecule has 0 aliphatic carbocycles. The average molecular weight is 358 g/mol. The van der Waals surface area contributed by atoms with E-state index in [2.05, 4.69) is 10.6 Å². The number of carbonyl (C=O) groups excluding carboxylic acids is 2. The first-order chi connectivity index (χ1) is 11.9. The Labute approximate surface area is 150 Å². The van der Waals surface area contributed by atoms with Crippen molar-refractivity contribution in [2.24, 2.45) is 0 Å². The van der Waals surface area contributed by atoms with E-state index in [1.165, 1.54) is 13.0 Å². The number of anilines is 2. The lowest BCUT2D eigenvalue weighted by Gasteiger charge is -2.16. The molecule has 0 spiro atoms. The molecule has 6 nitrogen and oxygen atoms in total. The number of hydrogen-bond acceptors (Lipinski definition) is 4. The molecule has 0 saturated heterocycles. The first-order valence-electron chi connectivity index (χ1n) is 7.44. The lowest BCUT2D eigenvalue weighted by molar-refractivity contribution is -0.122. The Balaban J connectivity index is 2.05. The van der Waals surface area contributed by atoms with Gasteiger partial charge in [0, 0.05) is 12.6 Å². The molecule has 1 unspecified atom stereocenters. The van der Waals surface area contributed by atoms with Crippen LogP contribution in [-0.4, -0.2) is 17.9 Å². The summed E-state index contributed by atoms with van der Waals surface area (Å²) in [7, 11) is 0. The molecule has 0 saturated carbocycles. The normalized spacial score (nSPS) is 11.1. The molecule has 1 atom stereocenters. The van der Waals surface area contributed by atoms with Crippen molar-refractivity contribution < 1.29 is 14.3 Å². The summed E-state index contributed by atoms with van der Waals surface area (Å²) in [5.74, 6) is -0.292. The topological polar surface area (TPSA) is 91.2 Å². The number of nitrogens with one attached hydrogen (secondary N) is 2. The van der Waals surface area contributed by atoms with Crippen molar-refractivity contribution in [2.75, 3.05) is 10.6 Å². The third-order valence-electron chi connectivity index (χ3n) is 3.23. The van der Waals surface area contributed by atoms with E-state index in [9.17, 15) is 9.59 Å². The molecule has 7 heteroatoms. The van der Waals surface area contributed by atoms with Crippen molar-refractivity contribution >= 4 is 34.8 Å². The van der Waals surface area contributed by atoms with Crippen molar-refractivity contribution in [2.45, 2.75) is 20.0 Å². The van der Waals surface area contributed by atoms with Crippen molar-refractivity contribution in [3.8, 4) is 11.8 Å². The van der Waals surface area contributed by atoms with Crippen LogP contribution in [0.1, 0.15) is 19.4 Å². The van der Waals surface area contributed by atoms with Gasteiger partial charge in [-0.1, -0.05) is 23.7 Å². The number of rotatable bonds is 5. The molecule has 2 amide bonds. The Morgan fingerprint density at radius 3 is 2.56 bits per heavy atom. The summed E-state index contributed by atoms with van der Waals surface area (Å²) in [6.45, 7) is 2.96. The summed E-state index contributed by atoms with van der Waals surface area (Å²) >= 11 is 6.07. The van der Waals surface area contributed by atoms with E-state index in [0.29, 0.717) is 27.7 Å². The van der Waals surface area contributed by atoms with Gasteiger partial charge in [0.15, 0.2) is 6.10 Å². The van der Waals surface area contributed by atoms with Crippen LogP contribution < -0.4 is 15.4 Å². The van der Waals surface area contributed by atoms with Gasteiger partial charge in [-0.15, -0.1) is 0 Å². The van der Waals surface area contributed by atoms with Crippen LogP contribution in [0, 0.1) is 11.3 Å². The maximum Gasteiger partial charge on any atom is 0.265 e. The van der Waals surface area contributed by atoms with Crippen LogP contribution in [0.25, 0.3) is 0 Å². The van der Waals surface area contributed by atoms with Crippen LogP contribution in [0.15, 0.2) is 42.5 Å². The number of halogens is 1. The van der Waals surface area contributed by atoms with Crippen molar-refractivity contribution in [3.05, 3.63) is 53.1 Å². The summed E-state index contributed by atoms with van der Waals surface area (Å²) in [5.41, 5.74) is 1.28. The minimum Gasteiger partial charge on any atom is -0.480 e. The molecule has 0 bridgehead atoms. The maximum atomic E-state index is 12.3.